The maximum absolute atomic E-state index is 12.2. The first-order valence-electron chi connectivity index (χ1n) is 5.82. The summed E-state index contributed by atoms with van der Waals surface area (Å²) in [5.74, 6) is 0.640. The van der Waals surface area contributed by atoms with E-state index in [1.807, 2.05) is 0 Å². The molecule has 2 rings (SSSR count). The predicted octanol–water partition coefficient (Wildman–Crippen LogP) is 2.71. The minimum Gasteiger partial charge on any atom is -0.497 e. The van der Waals surface area contributed by atoms with Crippen LogP contribution in [-0.4, -0.2) is 29.9 Å². The summed E-state index contributed by atoms with van der Waals surface area (Å²) in [4.78, 5) is 4.10. The number of anilines is 1. The second-order valence-electron chi connectivity index (χ2n) is 4.18. The molecule has 0 spiro atoms. The number of hydrogen-bond acceptors (Lipinski definition) is 4. The van der Waals surface area contributed by atoms with Crippen molar-refractivity contribution in [2.24, 2.45) is 0 Å². The second-order valence-corrected chi connectivity index (χ2v) is 4.18. The summed E-state index contributed by atoms with van der Waals surface area (Å²) in [6.07, 6.45) is -4.34. The highest BCUT2D eigenvalue weighted by Gasteiger charge is 2.27. The van der Waals surface area contributed by atoms with E-state index in [0.717, 1.165) is 0 Å². The molecule has 0 amide bonds. The van der Waals surface area contributed by atoms with Gasteiger partial charge in [0.15, 0.2) is 0 Å². The molecule has 20 heavy (non-hydrogen) atoms. The Morgan fingerprint density at radius 3 is 2.65 bits per heavy atom. The van der Waals surface area contributed by atoms with Crippen LogP contribution in [0.15, 0.2) is 24.3 Å². The quantitative estimate of drug-likeness (QED) is 0.907. The van der Waals surface area contributed by atoms with Gasteiger partial charge < -0.3 is 15.2 Å². The lowest BCUT2D eigenvalue weighted by molar-refractivity contribution is -0.115. The molecule has 108 valence electrons. The number of nitrogens with zero attached hydrogens (tertiary/aromatic N) is 1. The van der Waals surface area contributed by atoms with Gasteiger partial charge in [-0.2, -0.15) is 13.2 Å². The Morgan fingerprint density at radius 2 is 2.05 bits per heavy atom. The van der Waals surface area contributed by atoms with Crippen molar-refractivity contribution in [1.29, 1.82) is 0 Å². The van der Waals surface area contributed by atoms with Gasteiger partial charge in [0.05, 0.1) is 19.2 Å². The first kappa shape index (κ1) is 14.4. The molecule has 2 N–H and O–H groups in total. The summed E-state index contributed by atoms with van der Waals surface area (Å²) >= 11 is 0. The van der Waals surface area contributed by atoms with E-state index < -0.39 is 19.3 Å². The molecular weight excluding hydrogens is 273 g/mol. The largest absolute Gasteiger partial charge is 0.497 e. The monoisotopic (exact) mass is 286 g/mol. The molecule has 0 saturated heterocycles. The summed E-state index contributed by atoms with van der Waals surface area (Å²) in [6.45, 7) is -1.60. The fourth-order valence-electron chi connectivity index (χ4n) is 1.78. The minimum absolute atomic E-state index is 0.0301. The third-order valence-corrected chi connectivity index (χ3v) is 2.73. The van der Waals surface area contributed by atoms with Crippen molar-refractivity contribution in [3.05, 3.63) is 29.8 Å². The van der Waals surface area contributed by atoms with Crippen molar-refractivity contribution >= 4 is 16.7 Å². The summed E-state index contributed by atoms with van der Waals surface area (Å²) in [5, 5.41) is 12.1. The van der Waals surface area contributed by atoms with Crippen molar-refractivity contribution in [2.45, 2.75) is 12.8 Å². The molecule has 1 aromatic heterocycles. The van der Waals surface area contributed by atoms with Crippen LogP contribution in [0.4, 0.5) is 19.0 Å². The van der Waals surface area contributed by atoms with Gasteiger partial charge in [0, 0.05) is 10.9 Å². The van der Waals surface area contributed by atoms with Crippen LogP contribution in [-0.2, 0) is 6.61 Å². The molecule has 0 radical (unpaired) electrons. The van der Waals surface area contributed by atoms with Crippen molar-refractivity contribution in [3.63, 3.8) is 0 Å². The Balaban J connectivity index is 2.39. The third kappa shape index (κ3) is 3.30. The lowest BCUT2D eigenvalue weighted by atomic mass is 10.1. The number of nitrogens with one attached hydrogen (secondary N) is 1. The molecule has 2 aromatic rings. The van der Waals surface area contributed by atoms with Gasteiger partial charge in [0.2, 0.25) is 0 Å². The highest BCUT2D eigenvalue weighted by atomic mass is 19.4. The minimum atomic E-state index is -4.34. The molecule has 0 bridgehead atoms. The van der Waals surface area contributed by atoms with Crippen LogP contribution >= 0.6 is 0 Å². The molecule has 7 heteroatoms. The van der Waals surface area contributed by atoms with E-state index in [-0.39, 0.29) is 5.82 Å². The number of aliphatic hydroxyl groups excluding tert-OH is 1. The highest BCUT2D eigenvalue weighted by molar-refractivity contribution is 5.83. The summed E-state index contributed by atoms with van der Waals surface area (Å²) in [6, 6.07) is 6.61. The smallest absolute Gasteiger partial charge is 0.405 e. The van der Waals surface area contributed by atoms with Crippen LogP contribution in [0.25, 0.3) is 10.9 Å². The van der Waals surface area contributed by atoms with Crippen LogP contribution in [0, 0.1) is 0 Å². The van der Waals surface area contributed by atoms with E-state index in [9.17, 15) is 18.3 Å². The molecule has 0 unspecified atom stereocenters. The first-order chi connectivity index (χ1) is 9.43. The van der Waals surface area contributed by atoms with E-state index in [1.54, 1.807) is 24.3 Å². The van der Waals surface area contributed by atoms with Crippen molar-refractivity contribution in [3.8, 4) is 5.75 Å². The van der Waals surface area contributed by atoms with E-state index >= 15 is 0 Å². The Labute approximate surface area is 113 Å². The lowest BCUT2D eigenvalue weighted by Gasteiger charge is -2.13. The number of methoxy groups -OCH3 is 1. The SMILES string of the molecule is COc1ccc2nc(NCC(F)(F)F)c(CO)cc2c1. The average molecular weight is 286 g/mol. The standard InChI is InChI=1S/C13H13F3N2O2/c1-20-10-2-3-11-8(5-10)4-9(6-19)12(18-11)17-7-13(14,15)16/h2-5,19H,6-7H2,1H3,(H,17,18). The van der Waals surface area contributed by atoms with Gasteiger partial charge in [-0.15, -0.1) is 0 Å². The average Bonchev–Trinajstić information content (AvgIpc) is 2.42. The number of rotatable bonds is 4. The molecule has 0 fully saturated rings. The van der Waals surface area contributed by atoms with Crippen LogP contribution in [0.5, 0.6) is 5.75 Å². The van der Waals surface area contributed by atoms with Crippen LogP contribution < -0.4 is 10.1 Å². The third-order valence-electron chi connectivity index (χ3n) is 2.73. The molecule has 1 heterocycles. The normalized spacial score (nSPS) is 11.7. The summed E-state index contributed by atoms with van der Waals surface area (Å²) in [5.41, 5.74) is 0.822. The Kier molecular flexibility index (Phi) is 3.99. The van der Waals surface area contributed by atoms with Crippen molar-refractivity contribution in [1.82, 2.24) is 4.98 Å². The van der Waals surface area contributed by atoms with Gasteiger partial charge in [-0.05, 0) is 24.3 Å². The number of halogens is 3. The second kappa shape index (κ2) is 5.54. The molecule has 0 saturated carbocycles. The summed E-state index contributed by atoms with van der Waals surface area (Å²) < 4.78 is 41.7. The fraction of sp³-hybridized carbons (Fsp3) is 0.308. The van der Waals surface area contributed by atoms with Crippen molar-refractivity contribution in [2.75, 3.05) is 19.0 Å². The number of aromatic nitrogens is 1. The number of pyridine rings is 1. The van der Waals surface area contributed by atoms with Gasteiger partial charge >= 0.3 is 6.18 Å². The molecule has 0 aliphatic rings. The van der Waals surface area contributed by atoms with E-state index in [2.05, 4.69) is 10.3 Å². The maximum Gasteiger partial charge on any atom is 0.405 e. The van der Waals surface area contributed by atoms with Crippen LogP contribution in [0.2, 0.25) is 0 Å². The Bertz CT molecular complexity index is 614. The molecule has 0 aliphatic carbocycles. The zero-order valence-electron chi connectivity index (χ0n) is 10.7. The Morgan fingerprint density at radius 1 is 1.30 bits per heavy atom. The molecule has 0 atom stereocenters. The van der Waals surface area contributed by atoms with Gasteiger partial charge in [-0.3, -0.25) is 0 Å². The topological polar surface area (TPSA) is 54.4 Å². The van der Waals surface area contributed by atoms with Gasteiger partial charge in [-0.1, -0.05) is 0 Å². The van der Waals surface area contributed by atoms with Gasteiger partial charge in [-0.25, -0.2) is 4.98 Å². The van der Waals surface area contributed by atoms with Gasteiger partial charge in [0.1, 0.15) is 18.1 Å². The highest BCUT2D eigenvalue weighted by Crippen LogP contribution is 2.25. The molecule has 4 nitrogen and oxygen atoms in total. The van der Waals surface area contributed by atoms with Gasteiger partial charge in [0.25, 0.3) is 0 Å². The zero-order chi connectivity index (χ0) is 14.8. The van der Waals surface area contributed by atoms with Crippen LogP contribution in [0.3, 0.4) is 0 Å². The number of ether oxygens (including phenoxy) is 1. The molecular formula is C13H13F3N2O2. The summed E-state index contributed by atoms with van der Waals surface area (Å²) in [7, 11) is 1.51. The van der Waals surface area contributed by atoms with E-state index in [1.165, 1.54) is 7.11 Å². The fourth-order valence-corrected chi connectivity index (χ4v) is 1.78. The lowest BCUT2D eigenvalue weighted by Crippen LogP contribution is -2.22. The molecule has 1 aromatic carbocycles. The number of alkyl halides is 3. The first-order valence-corrected chi connectivity index (χ1v) is 5.82. The molecule has 0 aliphatic heterocycles. The maximum atomic E-state index is 12.2. The number of fused-ring (bicyclic) bond motifs is 1. The number of aliphatic hydroxyl groups is 1. The predicted molar refractivity (Wildman–Crippen MR) is 68.8 cm³/mol. The van der Waals surface area contributed by atoms with E-state index in [4.69, 9.17) is 4.74 Å². The number of hydrogen-bond donors (Lipinski definition) is 2. The number of benzene rings is 1. The van der Waals surface area contributed by atoms with E-state index in [0.29, 0.717) is 22.2 Å². The Hall–Kier alpha value is -2.02. The van der Waals surface area contributed by atoms with Crippen molar-refractivity contribution < 1.29 is 23.0 Å². The van der Waals surface area contributed by atoms with Crippen LogP contribution in [0.1, 0.15) is 5.56 Å². The zero-order valence-corrected chi connectivity index (χ0v) is 10.7.